The maximum atomic E-state index is 11.8. The average Bonchev–Trinajstić information content (AvgIpc) is 2.48. The first-order chi connectivity index (χ1) is 9.75. The number of aromatic nitrogens is 1. The number of halogens is 1. The van der Waals surface area contributed by atoms with E-state index in [2.05, 4.69) is 31.5 Å². The van der Waals surface area contributed by atoms with Crippen LogP contribution in [0, 0.1) is 0 Å². The summed E-state index contributed by atoms with van der Waals surface area (Å²) < 4.78 is 6.64. The fraction of sp³-hybridized carbons (Fsp3) is 0.571. The number of amides is 1. The molecule has 6 heteroatoms. The summed E-state index contributed by atoms with van der Waals surface area (Å²) in [7, 11) is 0. The summed E-state index contributed by atoms with van der Waals surface area (Å²) in [5, 5.41) is 6.15. The largest absolute Gasteiger partial charge is 0.378 e. The number of carbonyl (C=O) groups excluding carboxylic acids is 1. The van der Waals surface area contributed by atoms with E-state index in [1.807, 2.05) is 6.07 Å². The lowest BCUT2D eigenvalue weighted by Gasteiger charge is -2.22. The first-order valence-electron chi connectivity index (χ1n) is 6.98. The van der Waals surface area contributed by atoms with E-state index in [1.54, 1.807) is 12.3 Å². The van der Waals surface area contributed by atoms with Gasteiger partial charge in [-0.05, 0) is 60.4 Å². The highest BCUT2D eigenvalue weighted by Gasteiger charge is 2.12. The Labute approximate surface area is 127 Å². The van der Waals surface area contributed by atoms with Crippen molar-refractivity contribution in [3.05, 3.63) is 28.5 Å². The highest BCUT2D eigenvalue weighted by molar-refractivity contribution is 9.10. The van der Waals surface area contributed by atoms with Crippen molar-refractivity contribution in [2.75, 3.05) is 26.2 Å². The quantitative estimate of drug-likeness (QED) is 0.773. The summed E-state index contributed by atoms with van der Waals surface area (Å²) >= 11 is 3.29. The van der Waals surface area contributed by atoms with Gasteiger partial charge in [-0.3, -0.25) is 4.79 Å². The van der Waals surface area contributed by atoms with Crippen molar-refractivity contribution in [1.29, 1.82) is 0 Å². The van der Waals surface area contributed by atoms with Gasteiger partial charge in [0.25, 0.3) is 5.91 Å². The molecule has 2 rings (SSSR count). The van der Waals surface area contributed by atoms with Gasteiger partial charge in [-0.2, -0.15) is 0 Å². The molecule has 2 N–H and O–H groups in total. The third kappa shape index (κ3) is 5.19. The minimum atomic E-state index is -0.139. The predicted molar refractivity (Wildman–Crippen MR) is 80.7 cm³/mol. The Balaban J connectivity index is 1.58. The molecule has 1 amide bonds. The molecule has 1 aromatic heterocycles. The van der Waals surface area contributed by atoms with Gasteiger partial charge >= 0.3 is 0 Å². The van der Waals surface area contributed by atoms with E-state index in [4.69, 9.17) is 4.74 Å². The molecular weight excluding hydrogens is 322 g/mol. The van der Waals surface area contributed by atoms with Crippen LogP contribution in [0.4, 0.5) is 0 Å². The van der Waals surface area contributed by atoms with Crippen LogP contribution in [-0.4, -0.2) is 43.2 Å². The second kappa shape index (κ2) is 8.34. The monoisotopic (exact) mass is 341 g/mol. The number of hydrogen-bond donors (Lipinski definition) is 2. The molecular formula is C14H20BrN3O2. The van der Waals surface area contributed by atoms with Crippen LogP contribution in [0.2, 0.25) is 0 Å². The zero-order valence-corrected chi connectivity index (χ0v) is 13.0. The number of rotatable bonds is 6. The van der Waals surface area contributed by atoms with E-state index in [0.29, 0.717) is 24.9 Å². The molecule has 0 atom stereocenters. The average molecular weight is 342 g/mol. The lowest BCUT2D eigenvalue weighted by molar-refractivity contribution is 0.0317. The Bertz CT molecular complexity index is 419. The molecule has 0 radical (unpaired) electrons. The van der Waals surface area contributed by atoms with Crippen LogP contribution >= 0.6 is 15.9 Å². The van der Waals surface area contributed by atoms with Gasteiger partial charge in [0.05, 0.1) is 6.10 Å². The second-order valence-electron chi connectivity index (χ2n) is 4.79. The smallest absolute Gasteiger partial charge is 0.269 e. The molecule has 20 heavy (non-hydrogen) atoms. The fourth-order valence-corrected chi connectivity index (χ4v) is 2.32. The van der Waals surface area contributed by atoms with Gasteiger partial charge in [-0.1, -0.05) is 0 Å². The van der Waals surface area contributed by atoms with Gasteiger partial charge in [0, 0.05) is 23.8 Å². The number of nitrogens with one attached hydrogen (secondary N) is 2. The molecule has 1 aliphatic heterocycles. The molecule has 0 bridgehead atoms. The molecule has 0 saturated carbocycles. The van der Waals surface area contributed by atoms with Crippen molar-refractivity contribution >= 4 is 21.8 Å². The number of piperidine rings is 1. The maximum Gasteiger partial charge on any atom is 0.269 e. The van der Waals surface area contributed by atoms with Gasteiger partial charge in [-0.25, -0.2) is 4.98 Å². The van der Waals surface area contributed by atoms with E-state index in [1.165, 1.54) is 0 Å². The third-order valence-corrected chi connectivity index (χ3v) is 3.68. The number of hydrogen-bond acceptors (Lipinski definition) is 4. The molecule has 0 unspecified atom stereocenters. The lowest BCUT2D eigenvalue weighted by Crippen LogP contribution is -2.33. The molecule has 0 aromatic carbocycles. The number of pyridine rings is 1. The van der Waals surface area contributed by atoms with Crippen LogP contribution in [0.3, 0.4) is 0 Å². The van der Waals surface area contributed by atoms with Crippen molar-refractivity contribution in [3.63, 3.8) is 0 Å². The summed E-state index contributed by atoms with van der Waals surface area (Å²) in [5.41, 5.74) is 0.437. The summed E-state index contributed by atoms with van der Waals surface area (Å²) in [6.07, 6.45) is 4.98. The number of carbonyl (C=O) groups is 1. The number of nitrogens with zero attached hydrogens (tertiary/aromatic N) is 1. The Hall–Kier alpha value is -0.980. The first-order valence-corrected chi connectivity index (χ1v) is 7.77. The molecule has 5 nitrogen and oxygen atoms in total. The van der Waals surface area contributed by atoms with Crippen molar-refractivity contribution in [1.82, 2.24) is 15.6 Å². The summed E-state index contributed by atoms with van der Waals surface area (Å²) in [5.74, 6) is -0.139. The van der Waals surface area contributed by atoms with E-state index >= 15 is 0 Å². The van der Waals surface area contributed by atoms with Crippen molar-refractivity contribution in [2.45, 2.75) is 25.4 Å². The van der Waals surface area contributed by atoms with Crippen LogP contribution in [0.5, 0.6) is 0 Å². The van der Waals surface area contributed by atoms with Gasteiger partial charge in [-0.15, -0.1) is 0 Å². The van der Waals surface area contributed by atoms with E-state index in [-0.39, 0.29) is 5.91 Å². The zero-order chi connectivity index (χ0) is 14.2. The van der Waals surface area contributed by atoms with Crippen molar-refractivity contribution in [3.8, 4) is 0 Å². The Morgan fingerprint density at radius 2 is 2.25 bits per heavy atom. The normalized spacial score (nSPS) is 16.1. The highest BCUT2D eigenvalue weighted by Crippen LogP contribution is 2.08. The molecule has 110 valence electrons. The molecule has 2 heterocycles. The van der Waals surface area contributed by atoms with Crippen LogP contribution in [0.15, 0.2) is 22.8 Å². The lowest BCUT2D eigenvalue weighted by atomic mass is 10.1. The minimum absolute atomic E-state index is 0.139. The first kappa shape index (κ1) is 15.4. The highest BCUT2D eigenvalue weighted by atomic mass is 79.9. The Morgan fingerprint density at radius 1 is 1.45 bits per heavy atom. The molecule has 1 aliphatic rings. The number of ether oxygens (including phenoxy) is 1. The molecule has 1 aromatic rings. The SMILES string of the molecule is O=C(NCCCOC1CCNCC1)c1ccc(Br)cn1. The maximum absolute atomic E-state index is 11.8. The van der Waals surface area contributed by atoms with Crippen LogP contribution in [0.1, 0.15) is 29.8 Å². The standard InChI is InChI=1S/C14H20BrN3O2/c15-11-2-3-13(18-10-11)14(19)17-6-1-9-20-12-4-7-16-8-5-12/h2-3,10,12,16H,1,4-9H2,(H,17,19). The fourth-order valence-electron chi connectivity index (χ4n) is 2.09. The molecule has 1 saturated heterocycles. The van der Waals surface area contributed by atoms with Crippen LogP contribution < -0.4 is 10.6 Å². The zero-order valence-electron chi connectivity index (χ0n) is 11.4. The van der Waals surface area contributed by atoms with E-state index in [9.17, 15) is 4.79 Å². The van der Waals surface area contributed by atoms with Crippen molar-refractivity contribution in [2.24, 2.45) is 0 Å². The van der Waals surface area contributed by atoms with Gasteiger partial charge in [0.2, 0.25) is 0 Å². The predicted octanol–water partition coefficient (Wildman–Crippen LogP) is 1.73. The van der Waals surface area contributed by atoms with E-state index in [0.717, 1.165) is 36.8 Å². The van der Waals surface area contributed by atoms with E-state index < -0.39 is 0 Å². The Kier molecular flexibility index (Phi) is 6.42. The second-order valence-corrected chi connectivity index (χ2v) is 5.71. The molecule has 0 spiro atoms. The van der Waals surface area contributed by atoms with Gasteiger partial charge in [0.1, 0.15) is 5.69 Å². The van der Waals surface area contributed by atoms with Gasteiger partial charge in [0.15, 0.2) is 0 Å². The minimum Gasteiger partial charge on any atom is -0.378 e. The molecule has 0 aliphatic carbocycles. The van der Waals surface area contributed by atoms with Crippen LogP contribution in [-0.2, 0) is 4.74 Å². The van der Waals surface area contributed by atoms with Crippen LogP contribution in [0.25, 0.3) is 0 Å². The summed E-state index contributed by atoms with van der Waals surface area (Å²) in [6.45, 7) is 3.38. The Morgan fingerprint density at radius 3 is 2.95 bits per heavy atom. The summed E-state index contributed by atoms with van der Waals surface area (Å²) in [6, 6.07) is 3.51. The van der Waals surface area contributed by atoms with Crippen molar-refractivity contribution < 1.29 is 9.53 Å². The topological polar surface area (TPSA) is 63.2 Å². The van der Waals surface area contributed by atoms with Gasteiger partial charge < -0.3 is 15.4 Å². The summed E-state index contributed by atoms with van der Waals surface area (Å²) in [4.78, 5) is 15.8. The third-order valence-electron chi connectivity index (χ3n) is 3.21. The molecule has 1 fully saturated rings.